The lowest BCUT2D eigenvalue weighted by Gasteiger charge is -2.42. The molecule has 0 radical (unpaired) electrons. The lowest BCUT2D eigenvalue weighted by atomic mass is 9.63. The molecule has 0 aromatic carbocycles. The van der Waals surface area contributed by atoms with Gasteiger partial charge in [-0.25, -0.2) is 0 Å². The first kappa shape index (κ1) is 15.9. The van der Waals surface area contributed by atoms with E-state index in [0.29, 0.717) is 0 Å². The third-order valence-electron chi connectivity index (χ3n) is 7.25. The molecule has 0 amide bonds. The maximum Gasteiger partial charge on any atom is -0.0381 e. The van der Waals surface area contributed by atoms with Crippen LogP contribution in [-0.4, -0.2) is 0 Å². The molecule has 0 saturated heterocycles. The van der Waals surface area contributed by atoms with Gasteiger partial charge < -0.3 is 0 Å². The van der Waals surface area contributed by atoms with E-state index in [2.05, 4.69) is 6.92 Å². The molecule has 3 fully saturated rings. The van der Waals surface area contributed by atoms with Crippen LogP contribution in [0.5, 0.6) is 0 Å². The van der Waals surface area contributed by atoms with E-state index in [9.17, 15) is 0 Å². The molecule has 0 bridgehead atoms. The molecule has 0 nitrogen and oxygen atoms in total. The van der Waals surface area contributed by atoms with E-state index < -0.39 is 0 Å². The molecular weight excluding hydrogens is 252 g/mol. The fourth-order valence-corrected chi connectivity index (χ4v) is 5.88. The summed E-state index contributed by atoms with van der Waals surface area (Å²) in [5, 5.41) is 0. The summed E-state index contributed by atoms with van der Waals surface area (Å²) in [5.41, 5.74) is 0. The summed E-state index contributed by atoms with van der Waals surface area (Å²) in [7, 11) is 0. The van der Waals surface area contributed by atoms with E-state index in [1.807, 2.05) is 0 Å². The zero-order chi connectivity index (χ0) is 14.5. The predicted octanol–water partition coefficient (Wildman–Crippen LogP) is 6.98. The average molecular weight is 291 g/mol. The predicted molar refractivity (Wildman–Crippen MR) is 92.4 cm³/mol. The van der Waals surface area contributed by atoms with Gasteiger partial charge in [-0.3, -0.25) is 0 Å². The zero-order valence-electron chi connectivity index (χ0n) is 14.5. The largest absolute Gasteiger partial charge is 0.0654 e. The quantitative estimate of drug-likeness (QED) is 0.495. The van der Waals surface area contributed by atoms with Crippen LogP contribution < -0.4 is 0 Å². The second-order valence-electron chi connectivity index (χ2n) is 8.75. The number of hydrogen-bond acceptors (Lipinski definition) is 0. The lowest BCUT2D eigenvalue weighted by Crippen LogP contribution is -2.31. The Labute approximate surface area is 133 Å². The maximum absolute atomic E-state index is 2.35. The van der Waals surface area contributed by atoms with Crippen LogP contribution in [-0.2, 0) is 0 Å². The minimum atomic E-state index is 1.10. The normalized spacial score (nSPS) is 37.6. The Morgan fingerprint density at radius 2 is 1.24 bits per heavy atom. The molecule has 3 rings (SSSR count). The highest BCUT2D eigenvalue weighted by atomic mass is 14.4. The molecule has 4 unspecified atom stereocenters. The SMILES string of the molecule is CCCCC1CCC2CCC(CCC3CCCC3)CC2C1. The standard InChI is InChI=1S/C21H38/c1-2-3-6-18-11-13-20-14-12-19(16-21(20)15-18)10-9-17-7-4-5-8-17/h17-21H,2-16H2,1H3. The number of hydrogen-bond donors (Lipinski definition) is 0. The van der Waals surface area contributed by atoms with Crippen LogP contribution in [0.25, 0.3) is 0 Å². The van der Waals surface area contributed by atoms with E-state index in [0.717, 1.165) is 29.6 Å². The summed E-state index contributed by atoms with van der Waals surface area (Å²) in [6.45, 7) is 2.35. The molecule has 4 atom stereocenters. The van der Waals surface area contributed by atoms with E-state index in [-0.39, 0.29) is 0 Å². The summed E-state index contributed by atoms with van der Waals surface area (Å²) < 4.78 is 0. The van der Waals surface area contributed by atoms with Gasteiger partial charge in [0, 0.05) is 0 Å². The molecule has 0 aromatic heterocycles. The number of rotatable bonds is 6. The Balaban J connectivity index is 1.41. The minimum absolute atomic E-state index is 1.10. The van der Waals surface area contributed by atoms with Crippen LogP contribution in [0.4, 0.5) is 0 Å². The van der Waals surface area contributed by atoms with Crippen molar-refractivity contribution in [3.05, 3.63) is 0 Å². The first-order valence-corrected chi connectivity index (χ1v) is 10.3. The summed E-state index contributed by atoms with van der Waals surface area (Å²) in [4.78, 5) is 0. The van der Waals surface area contributed by atoms with Crippen molar-refractivity contribution in [1.82, 2.24) is 0 Å². The van der Waals surface area contributed by atoms with Crippen molar-refractivity contribution in [3.63, 3.8) is 0 Å². The first-order valence-electron chi connectivity index (χ1n) is 10.3. The highest BCUT2D eigenvalue weighted by molar-refractivity contribution is 4.86. The fraction of sp³-hybridized carbons (Fsp3) is 1.00. The van der Waals surface area contributed by atoms with E-state index >= 15 is 0 Å². The van der Waals surface area contributed by atoms with Crippen LogP contribution in [0.15, 0.2) is 0 Å². The third kappa shape index (κ3) is 4.49. The van der Waals surface area contributed by atoms with Crippen molar-refractivity contribution >= 4 is 0 Å². The van der Waals surface area contributed by atoms with Gasteiger partial charge in [0.15, 0.2) is 0 Å². The smallest absolute Gasteiger partial charge is 0.0381 e. The molecule has 0 aromatic rings. The third-order valence-corrected chi connectivity index (χ3v) is 7.25. The maximum atomic E-state index is 2.35. The van der Waals surface area contributed by atoms with E-state index in [4.69, 9.17) is 0 Å². The topological polar surface area (TPSA) is 0 Å². The summed E-state index contributed by atoms with van der Waals surface area (Å²) >= 11 is 0. The van der Waals surface area contributed by atoms with Crippen molar-refractivity contribution in [3.8, 4) is 0 Å². The minimum Gasteiger partial charge on any atom is -0.0654 e. The van der Waals surface area contributed by atoms with Crippen molar-refractivity contribution in [1.29, 1.82) is 0 Å². The van der Waals surface area contributed by atoms with Gasteiger partial charge >= 0.3 is 0 Å². The molecule has 21 heavy (non-hydrogen) atoms. The van der Waals surface area contributed by atoms with Crippen LogP contribution in [0.2, 0.25) is 0 Å². The monoisotopic (exact) mass is 290 g/mol. The molecule has 0 spiro atoms. The summed E-state index contributed by atoms with van der Waals surface area (Å²) in [6.07, 6.45) is 23.2. The second kappa shape index (κ2) is 8.02. The summed E-state index contributed by atoms with van der Waals surface area (Å²) in [6, 6.07) is 0. The van der Waals surface area contributed by atoms with Gasteiger partial charge in [0.05, 0.1) is 0 Å². The van der Waals surface area contributed by atoms with Crippen molar-refractivity contribution in [2.75, 3.05) is 0 Å². The molecule has 0 heterocycles. The van der Waals surface area contributed by atoms with Crippen molar-refractivity contribution < 1.29 is 0 Å². The average Bonchev–Trinajstić information content (AvgIpc) is 3.04. The summed E-state index contributed by atoms with van der Waals surface area (Å²) in [5.74, 6) is 5.58. The Bertz CT molecular complexity index is 288. The molecule has 0 heteroatoms. The second-order valence-corrected chi connectivity index (χ2v) is 8.75. The molecule has 3 saturated carbocycles. The van der Waals surface area contributed by atoms with Crippen LogP contribution >= 0.6 is 0 Å². The van der Waals surface area contributed by atoms with Gasteiger partial charge in [0.1, 0.15) is 0 Å². The molecule has 0 N–H and O–H groups in total. The van der Waals surface area contributed by atoms with Crippen molar-refractivity contribution in [2.45, 2.75) is 103 Å². The Morgan fingerprint density at radius 3 is 1.90 bits per heavy atom. The number of fused-ring (bicyclic) bond motifs is 1. The zero-order valence-corrected chi connectivity index (χ0v) is 14.5. The van der Waals surface area contributed by atoms with Gasteiger partial charge in [0.25, 0.3) is 0 Å². The molecule has 122 valence electrons. The van der Waals surface area contributed by atoms with Crippen LogP contribution in [0.1, 0.15) is 103 Å². The Morgan fingerprint density at radius 1 is 0.619 bits per heavy atom. The van der Waals surface area contributed by atoms with Gasteiger partial charge in [-0.15, -0.1) is 0 Å². The fourth-order valence-electron chi connectivity index (χ4n) is 5.88. The van der Waals surface area contributed by atoms with E-state index in [1.165, 1.54) is 32.1 Å². The lowest BCUT2D eigenvalue weighted by molar-refractivity contribution is 0.0887. The van der Waals surface area contributed by atoms with Crippen molar-refractivity contribution in [2.24, 2.45) is 29.6 Å². The molecular formula is C21H38. The van der Waals surface area contributed by atoms with Gasteiger partial charge in [-0.05, 0) is 55.3 Å². The highest BCUT2D eigenvalue weighted by Crippen LogP contribution is 2.47. The van der Waals surface area contributed by atoms with Gasteiger partial charge in [-0.2, -0.15) is 0 Å². The molecule has 0 aliphatic heterocycles. The molecule has 3 aliphatic rings. The van der Waals surface area contributed by atoms with Gasteiger partial charge in [0.2, 0.25) is 0 Å². The highest BCUT2D eigenvalue weighted by Gasteiger charge is 2.35. The Hall–Kier alpha value is 0. The number of unbranched alkanes of at least 4 members (excludes halogenated alkanes) is 1. The van der Waals surface area contributed by atoms with Crippen LogP contribution in [0, 0.1) is 29.6 Å². The van der Waals surface area contributed by atoms with E-state index in [1.54, 1.807) is 64.2 Å². The Kier molecular flexibility index (Phi) is 6.07. The van der Waals surface area contributed by atoms with Gasteiger partial charge in [-0.1, -0.05) is 77.6 Å². The molecule has 3 aliphatic carbocycles. The first-order chi connectivity index (χ1) is 10.3. The van der Waals surface area contributed by atoms with Crippen LogP contribution in [0.3, 0.4) is 0 Å².